The predicted octanol–water partition coefficient (Wildman–Crippen LogP) is 5.00. The van der Waals surface area contributed by atoms with Gasteiger partial charge in [-0.2, -0.15) is 0 Å². The van der Waals surface area contributed by atoms with Crippen molar-refractivity contribution in [1.29, 1.82) is 0 Å². The maximum Gasteiger partial charge on any atom is 0.317 e. The smallest absolute Gasteiger partial charge is 0.317 e. The fourth-order valence-electron chi connectivity index (χ4n) is 4.96. The van der Waals surface area contributed by atoms with Crippen LogP contribution in [0, 0.1) is 17.7 Å². The van der Waals surface area contributed by atoms with Crippen molar-refractivity contribution < 1.29 is 9.18 Å². The lowest BCUT2D eigenvalue weighted by atomic mass is 9.85. The molecule has 29 heavy (non-hydrogen) atoms. The molecule has 2 aliphatic rings. The molecule has 1 aromatic carbocycles. The number of likely N-dealkylation sites (N-methyl/N-ethyl adjacent to an activating group) is 1. The summed E-state index contributed by atoms with van der Waals surface area (Å²) in [6, 6.07) is 5.36. The zero-order valence-electron chi connectivity index (χ0n) is 17.6. The fourth-order valence-corrected chi connectivity index (χ4v) is 5.16. The molecule has 1 saturated heterocycles. The molecule has 0 spiro atoms. The van der Waals surface area contributed by atoms with E-state index in [-0.39, 0.29) is 28.8 Å². The number of hydrogen-bond acceptors (Lipinski definition) is 2. The maximum atomic E-state index is 14.3. The van der Waals surface area contributed by atoms with Gasteiger partial charge >= 0.3 is 6.03 Å². The number of urea groups is 1. The van der Waals surface area contributed by atoms with Gasteiger partial charge in [-0.05, 0) is 56.2 Å². The monoisotopic (exact) mass is 423 g/mol. The van der Waals surface area contributed by atoms with Crippen molar-refractivity contribution in [3.8, 4) is 0 Å². The average molecular weight is 424 g/mol. The van der Waals surface area contributed by atoms with Crippen molar-refractivity contribution in [2.75, 3.05) is 26.7 Å². The first-order valence-corrected chi connectivity index (χ1v) is 11.6. The number of likely N-dealkylation sites (tertiary alicyclic amines) is 1. The lowest BCUT2D eigenvalue weighted by Crippen LogP contribution is -2.51. The van der Waals surface area contributed by atoms with Crippen LogP contribution in [0.15, 0.2) is 18.2 Å². The topological polar surface area (TPSA) is 44.4 Å². The molecule has 1 aliphatic carbocycles. The van der Waals surface area contributed by atoms with Gasteiger partial charge < -0.3 is 15.5 Å². The minimum Gasteiger partial charge on any atom is -0.334 e. The molecular formula is C23H35ClFN3O. The second-order valence-electron chi connectivity index (χ2n) is 8.82. The van der Waals surface area contributed by atoms with E-state index in [2.05, 4.69) is 10.6 Å². The molecule has 6 heteroatoms. The Bertz CT molecular complexity index is 666. The summed E-state index contributed by atoms with van der Waals surface area (Å²) in [6.45, 7) is 2.25. The lowest BCUT2D eigenvalue weighted by Gasteiger charge is -2.35. The van der Waals surface area contributed by atoms with E-state index in [1.54, 1.807) is 18.2 Å². The summed E-state index contributed by atoms with van der Waals surface area (Å²) in [7, 11) is 1.94. The molecule has 2 amide bonds. The van der Waals surface area contributed by atoms with Gasteiger partial charge in [0.25, 0.3) is 0 Å². The number of nitrogens with one attached hydrogen (secondary N) is 2. The van der Waals surface area contributed by atoms with Crippen LogP contribution < -0.4 is 10.6 Å². The Morgan fingerprint density at radius 2 is 1.97 bits per heavy atom. The van der Waals surface area contributed by atoms with Crippen molar-refractivity contribution in [3.63, 3.8) is 0 Å². The van der Waals surface area contributed by atoms with E-state index in [0.717, 1.165) is 38.3 Å². The molecular weight excluding hydrogens is 389 g/mol. The molecule has 4 nitrogen and oxygen atoms in total. The molecule has 2 atom stereocenters. The summed E-state index contributed by atoms with van der Waals surface area (Å²) in [5.74, 6) is 0.670. The van der Waals surface area contributed by atoms with E-state index in [1.165, 1.54) is 32.1 Å². The Hall–Kier alpha value is -1.33. The molecule has 1 aromatic rings. The molecule has 0 radical (unpaired) electrons. The highest BCUT2D eigenvalue weighted by molar-refractivity contribution is 6.30. The van der Waals surface area contributed by atoms with Gasteiger partial charge in [-0.1, -0.05) is 55.8 Å². The third-order valence-corrected chi connectivity index (χ3v) is 6.76. The number of rotatable bonds is 7. The summed E-state index contributed by atoms with van der Waals surface area (Å²) in [4.78, 5) is 14.9. The van der Waals surface area contributed by atoms with Crippen LogP contribution in [0.5, 0.6) is 0 Å². The van der Waals surface area contributed by atoms with E-state index in [4.69, 9.17) is 11.6 Å². The van der Waals surface area contributed by atoms with E-state index in [9.17, 15) is 9.18 Å². The molecule has 0 aromatic heterocycles. The third-order valence-electron chi connectivity index (χ3n) is 6.47. The molecule has 0 unspecified atom stereocenters. The van der Waals surface area contributed by atoms with Gasteiger partial charge in [-0.25, -0.2) is 9.18 Å². The second kappa shape index (κ2) is 11.2. The fraction of sp³-hybridized carbons (Fsp3) is 0.696. The van der Waals surface area contributed by atoms with Crippen molar-refractivity contribution in [3.05, 3.63) is 34.6 Å². The van der Waals surface area contributed by atoms with E-state index < -0.39 is 0 Å². The Kier molecular flexibility index (Phi) is 8.61. The van der Waals surface area contributed by atoms with Crippen molar-refractivity contribution >= 4 is 17.6 Å². The van der Waals surface area contributed by atoms with E-state index in [0.29, 0.717) is 18.5 Å². The minimum atomic E-state index is -0.322. The highest BCUT2D eigenvalue weighted by Gasteiger charge is 2.27. The van der Waals surface area contributed by atoms with E-state index >= 15 is 0 Å². The average Bonchev–Trinajstić information content (AvgIpc) is 2.72. The van der Waals surface area contributed by atoms with Gasteiger partial charge in [0.05, 0.1) is 5.02 Å². The summed E-state index contributed by atoms with van der Waals surface area (Å²) in [6.07, 6.45) is 10.2. The summed E-state index contributed by atoms with van der Waals surface area (Å²) < 4.78 is 14.3. The van der Waals surface area contributed by atoms with Crippen LogP contribution in [0.3, 0.4) is 0 Å². The van der Waals surface area contributed by atoms with Gasteiger partial charge in [0, 0.05) is 25.7 Å². The van der Waals surface area contributed by atoms with Crippen LogP contribution in [-0.2, 0) is 6.42 Å². The SMILES string of the molecule is CNC[C@H](CC1CCCCC1)NC(=O)N1CCC[C@@H](Cc2cccc(Cl)c2F)C1. The van der Waals surface area contributed by atoms with Crippen LogP contribution in [0.1, 0.15) is 56.9 Å². The molecule has 1 heterocycles. The zero-order valence-corrected chi connectivity index (χ0v) is 18.3. The number of carbonyl (C=O) groups is 1. The number of nitrogens with zero attached hydrogens (tertiary/aromatic N) is 1. The predicted molar refractivity (Wildman–Crippen MR) is 117 cm³/mol. The first kappa shape index (κ1) is 22.4. The van der Waals surface area contributed by atoms with Gasteiger partial charge in [-0.3, -0.25) is 0 Å². The number of amides is 2. The third kappa shape index (κ3) is 6.58. The summed E-state index contributed by atoms with van der Waals surface area (Å²) >= 11 is 5.92. The highest BCUT2D eigenvalue weighted by Crippen LogP contribution is 2.28. The summed E-state index contributed by atoms with van der Waals surface area (Å²) in [5.41, 5.74) is 0.648. The number of halogens is 2. The normalized spacial score (nSPS) is 21.8. The van der Waals surface area contributed by atoms with Crippen LogP contribution >= 0.6 is 11.6 Å². The Labute approximate surface area is 179 Å². The van der Waals surface area contributed by atoms with Gasteiger partial charge in [0.1, 0.15) is 5.82 Å². The van der Waals surface area contributed by atoms with Gasteiger partial charge in [-0.15, -0.1) is 0 Å². The van der Waals surface area contributed by atoms with Crippen LogP contribution in [0.2, 0.25) is 5.02 Å². The van der Waals surface area contributed by atoms with Crippen LogP contribution in [-0.4, -0.2) is 43.7 Å². The number of piperidine rings is 1. The standard InChI is InChI=1S/C23H35ClFN3O/c1-26-15-20(14-17-7-3-2-4-8-17)27-23(29)28-12-6-9-18(16-28)13-19-10-5-11-21(24)22(19)25/h5,10-11,17-18,20,26H,2-4,6-9,12-16H2,1H3,(H,27,29)/t18-,20-/m0/s1. The number of benzene rings is 1. The van der Waals surface area contributed by atoms with Crippen LogP contribution in [0.4, 0.5) is 9.18 Å². The number of carbonyl (C=O) groups excluding carboxylic acids is 1. The lowest BCUT2D eigenvalue weighted by molar-refractivity contribution is 0.159. The zero-order chi connectivity index (χ0) is 20.6. The van der Waals surface area contributed by atoms with Crippen molar-refractivity contribution in [2.45, 2.75) is 63.8 Å². The maximum absolute atomic E-state index is 14.3. The first-order valence-electron chi connectivity index (χ1n) is 11.2. The summed E-state index contributed by atoms with van der Waals surface area (Å²) in [5, 5.41) is 6.67. The molecule has 1 saturated carbocycles. The first-order chi connectivity index (χ1) is 14.1. The molecule has 162 valence electrons. The van der Waals surface area contributed by atoms with Crippen molar-refractivity contribution in [1.82, 2.24) is 15.5 Å². The Balaban J connectivity index is 1.54. The highest BCUT2D eigenvalue weighted by atomic mass is 35.5. The Morgan fingerprint density at radius 1 is 1.21 bits per heavy atom. The minimum absolute atomic E-state index is 0.0253. The van der Waals surface area contributed by atoms with Gasteiger partial charge in [0.2, 0.25) is 0 Å². The molecule has 3 rings (SSSR count). The quantitative estimate of drug-likeness (QED) is 0.648. The van der Waals surface area contributed by atoms with E-state index in [1.807, 2.05) is 11.9 Å². The molecule has 0 bridgehead atoms. The van der Waals surface area contributed by atoms with Crippen LogP contribution in [0.25, 0.3) is 0 Å². The molecule has 1 aliphatic heterocycles. The second-order valence-corrected chi connectivity index (χ2v) is 9.22. The molecule has 2 N–H and O–H groups in total. The Morgan fingerprint density at radius 3 is 2.72 bits per heavy atom. The van der Waals surface area contributed by atoms with Crippen molar-refractivity contribution in [2.24, 2.45) is 11.8 Å². The number of hydrogen-bond donors (Lipinski definition) is 2. The van der Waals surface area contributed by atoms with Gasteiger partial charge in [0.15, 0.2) is 0 Å². The molecule has 2 fully saturated rings. The largest absolute Gasteiger partial charge is 0.334 e.